The van der Waals surface area contributed by atoms with Crippen LogP contribution in [0.25, 0.3) is 6.08 Å². The Hall–Kier alpha value is -3.16. The molecule has 0 spiro atoms. The van der Waals surface area contributed by atoms with Gasteiger partial charge < -0.3 is 15.2 Å². The summed E-state index contributed by atoms with van der Waals surface area (Å²) in [6.45, 7) is 2.64. The summed E-state index contributed by atoms with van der Waals surface area (Å²) in [6, 6.07) is 15.9. The molecule has 0 heterocycles. The summed E-state index contributed by atoms with van der Waals surface area (Å²) in [4.78, 5) is 32.1. The molecule has 0 bridgehead atoms. The molecule has 0 unspecified atom stereocenters. The number of ether oxygens (including phenoxy) is 1. The maximum Gasteiger partial charge on any atom is 0.282 e. The molecule has 1 aliphatic rings. The fourth-order valence-corrected chi connectivity index (χ4v) is 3.11. The maximum absolute atomic E-state index is 13.3. The highest BCUT2D eigenvalue weighted by Crippen LogP contribution is 2.32. The van der Waals surface area contributed by atoms with Crippen molar-refractivity contribution in [3.05, 3.63) is 71.4 Å². The summed E-state index contributed by atoms with van der Waals surface area (Å²) in [7, 11) is 0. The number of aliphatic hydroxyl groups excluding tert-OH is 1. The highest BCUT2D eigenvalue weighted by molar-refractivity contribution is 6.04. The molecule has 2 amide bonds. The van der Waals surface area contributed by atoms with Crippen molar-refractivity contribution in [2.45, 2.75) is 26.2 Å². The second-order valence-electron chi connectivity index (χ2n) is 7.54. The lowest BCUT2D eigenvalue weighted by atomic mass is 10.1. The van der Waals surface area contributed by atoms with Crippen LogP contribution in [0.4, 0.5) is 0 Å². The lowest BCUT2D eigenvalue weighted by Crippen LogP contribution is -2.39. The predicted molar refractivity (Wildman–Crippen MR) is 122 cm³/mol. The summed E-state index contributed by atoms with van der Waals surface area (Å²) in [5.74, 6) is 0.389. The first-order chi connectivity index (χ1) is 15.6. The molecule has 7 nitrogen and oxygen atoms in total. The van der Waals surface area contributed by atoms with Crippen LogP contribution in [0.2, 0.25) is 0 Å². The van der Waals surface area contributed by atoms with Crippen molar-refractivity contribution in [2.75, 3.05) is 26.4 Å². The van der Waals surface area contributed by atoms with Crippen LogP contribution < -0.4 is 10.1 Å². The molecule has 0 radical (unpaired) electrons. The molecule has 170 valence electrons. The van der Waals surface area contributed by atoms with Crippen LogP contribution in [0.15, 0.2) is 60.3 Å². The fraction of sp³-hybridized carbons (Fsp3) is 0.360. The molecule has 2 aromatic carbocycles. The second-order valence-corrected chi connectivity index (χ2v) is 7.54. The van der Waals surface area contributed by atoms with Crippen LogP contribution in [-0.4, -0.2) is 48.3 Å². The summed E-state index contributed by atoms with van der Waals surface area (Å²) in [5, 5.41) is 12.8. The molecular formula is C25H30N2O5. The normalized spacial score (nSPS) is 13.5. The zero-order valence-electron chi connectivity index (χ0n) is 18.3. The predicted octanol–water partition coefficient (Wildman–Crippen LogP) is 3.41. The molecule has 0 atom stereocenters. The molecule has 1 saturated carbocycles. The summed E-state index contributed by atoms with van der Waals surface area (Å²) >= 11 is 0. The van der Waals surface area contributed by atoms with E-state index < -0.39 is 11.8 Å². The van der Waals surface area contributed by atoms with Gasteiger partial charge in [-0.25, -0.2) is 0 Å². The number of carbonyl (C=O) groups is 2. The van der Waals surface area contributed by atoms with Crippen molar-refractivity contribution in [3.8, 4) is 5.75 Å². The third-order valence-electron chi connectivity index (χ3n) is 4.99. The van der Waals surface area contributed by atoms with Crippen LogP contribution in [0, 0.1) is 5.92 Å². The van der Waals surface area contributed by atoms with Crippen LogP contribution >= 0.6 is 0 Å². The first kappa shape index (κ1) is 23.5. The van der Waals surface area contributed by atoms with E-state index in [1.165, 1.54) is 12.8 Å². The van der Waals surface area contributed by atoms with E-state index in [0.717, 1.165) is 11.5 Å². The smallest absolute Gasteiger partial charge is 0.282 e. The van der Waals surface area contributed by atoms with E-state index >= 15 is 0 Å². The summed E-state index contributed by atoms with van der Waals surface area (Å²) in [6.07, 6.45) is 4.76. The monoisotopic (exact) mass is 438 g/mol. The number of nitrogens with one attached hydrogen (secondary N) is 1. The van der Waals surface area contributed by atoms with E-state index in [0.29, 0.717) is 36.0 Å². The number of amides is 2. The Balaban J connectivity index is 1.92. The molecule has 7 heteroatoms. The van der Waals surface area contributed by atoms with Gasteiger partial charge in [-0.15, -0.1) is 0 Å². The second kappa shape index (κ2) is 12.0. The van der Waals surface area contributed by atoms with Gasteiger partial charge in [0, 0.05) is 12.1 Å². The molecule has 32 heavy (non-hydrogen) atoms. The van der Waals surface area contributed by atoms with E-state index in [-0.39, 0.29) is 18.8 Å². The van der Waals surface area contributed by atoms with Crippen LogP contribution in [0.5, 0.6) is 5.75 Å². The minimum absolute atomic E-state index is 0.0484. The molecule has 0 aliphatic heterocycles. The molecule has 0 aromatic heterocycles. The van der Waals surface area contributed by atoms with Crippen LogP contribution in [0.1, 0.15) is 42.1 Å². The van der Waals surface area contributed by atoms with Crippen molar-refractivity contribution >= 4 is 17.9 Å². The van der Waals surface area contributed by atoms with Crippen molar-refractivity contribution in [3.63, 3.8) is 0 Å². The third-order valence-corrected chi connectivity index (χ3v) is 4.99. The Bertz CT molecular complexity index is 908. The number of nitrogens with zero attached hydrogens (tertiary/aromatic N) is 1. The Morgan fingerprint density at radius 1 is 1.12 bits per heavy atom. The summed E-state index contributed by atoms with van der Waals surface area (Å²) < 4.78 is 5.47. The fourth-order valence-electron chi connectivity index (χ4n) is 3.11. The standard InChI is InChI=1S/C25H30N2O5/c1-2-31-22-12-10-20(11-13-22)18-23(24(29)26-15-16-28)27(32-17-14-19-8-9-19)25(30)21-6-4-3-5-7-21/h3-7,10-13,18-19,28H,2,8-9,14-17H2,1H3,(H,26,29). The number of aliphatic hydroxyl groups is 1. The van der Waals surface area contributed by atoms with Crippen molar-refractivity contribution in [2.24, 2.45) is 5.92 Å². The van der Waals surface area contributed by atoms with Gasteiger partial charge in [-0.3, -0.25) is 14.4 Å². The average Bonchev–Trinajstić information content (AvgIpc) is 3.65. The number of hydroxylamine groups is 2. The van der Waals surface area contributed by atoms with Gasteiger partial charge in [0.25, 0.3) is 11.8 Å². The number of rotatable bonds is 12. The van der Waals surface area contributed by atoms with Gasteiger partial charge in [-0.05, 0) is 55.2 Å². The molecule has 0 saturated heterocycles. The Kier molecular flexibility index (Phi) is 8.83. The molecule has 1 aliphatic carbocycles. The van der Waals surface area contributed by atoms with E-state index in [9.17, 15) is 9.59 Å². The van der Waals surface area contributed by atoms with E-state index in [4.69, 9.17) is 14.7 Å². The van der Waals surface area contributed by atoms with Crippen LogP contribution in [-0.2, 0) is 9.63 Å². The largest absolute Gasteiger partial charge is 0.494 e. The number of carbonyl (C=O) groups excluding carboxylic acids is 2. The number of hydrogen-bond acceptors (Lipinski definition) is 5. The minimum Gasteiger partial charge on any atom is -0.494 e. The first-order valence-corrected chi connectivity index (χ1v) is 11.0. The van der Waals surface area contributed by atoms with E-state index in [2.05, 4.69) is 5.32 Å². The van der Waals surface area contributed by atoms with Gasteiger partial charge in [0.2, 0.25) is 0 Å². The Morgan fingerprint density at radius 2 is 1.84 bits per heavy atom. The van der Waals surface area contributed by atoms with Gasteiger partial charge in [0.05, 0.1) is 19.8 Å². The molecule has 1 fully saturated rings. The van der Waals surface area contributed by atoms with Crippen molar-refractivity contribution in [1.29, 1.82) is 0 Å². The molecular weight excluding hydrogens is 408 g/mol. The van der Waals surface area contributed by atoms with Gasteiger partial charge >= 0.3 is 0 Å². The van der Waals surface area contributed by atoms with Crippen molar-refractivity contribution < 1.29 is 24.3 Å². The zero-order chi connectivity index (χ0) is 22.8. The number of benzene rings is 2. The Labute approximate surface area is 188 Å². The van der Waals surface area contributed by atoms with E-state index in [1.54, 1.807) is 54.6 Å². The quantitative estimate of drug-likeness (QED) is 0.392. The van der Waals surface area contributed by atoms with Crippen LogP contribution in [0.3, 0.4) is 0 Å². The van der Waals surface area contributed by atoms with Gasteiger partial charge in [0.1, 0.15) is 11.4 Å². The molecule has 2 aromatic rings. The molecule has 2 N–H and O–H groups in total. The Morgan fingerprint density at radius 3 is 2.47 bits per heavy atom. The third kappa shape index (κ3) is 6.93. The van der Waals surface area contributed by atoms with Crippen molar-refractivity contribution in [1.82, 2.24) is 10.4 Å². The number of hydrogen-bond donors (Lipinski definition) is 2. The molecule has 3 rings (SSSR count). The zero-order valence-corrected chi connectivity index (χ0v) is 18.3. The highest BCUT2D eigenvalue weighted by Gasteiger charge is 2.28. The highest BCUT2D eigenvalue weighted by atomic mass is 16.7. The van der Waals surface area contributed by atoms with Gasteiger partial charge in [-0.1, -0.05) is 43.2 Å². The van der Waals surface area contributed by atoms with Gasteiger partial charge in [0.15, 0.2) is 0 Å². The van der Waals surface area contributed by atoms with E-state index in [1.807, 2.05) is 13.0 Å². The lowest BCUT2D eigenvalue weighted by Gasteiger charge is -2.24. The first-order valence-electron chi connectivity index (χ1n) is 11.0. The topological polar surface area (TPSA) is 88.1 Å². The average molecular weight is 439 g/mol. The maximum atomic E-state index is 13.3. The van der Waals surface area contributed by atoms with Gasteiger partial charge in [-0.2, -0.15) is 5.06 Å². The minimum atomic E-state index is -0.511. The summed E-state index contributed by atoms with van der Waals surface area (Å²) in [5.41, 5.74) is 1.16. The SMILES string of the molecule is CCOc1ccc(C=C(C(=O)NCCO)N(OCCC2CC2)C(=O)c2ccccc2)cc1. The lowest BCUT2D eigenvalue weighted by molar-refractivity contribution is -0.132.